The number of nitrogens with zero attached hydrogens (tertiary/aromatic N) is 4. The van der Waals surface area contributed by atoms with Crippen molar-refractivity contribution < 1.29 is 14.8 Å². The fourth-order valence-corrected chi connectivity index (χ4v) is 2.04. The van der Waals surface area contributed by atoms with Gasteiger partial charge in [0.05, 0.1) is 4.92 Å². The molecule has 2 aromatic heterocycles. The fourth-order valence-electron chi connectivity index (χ4n) is 2.04. The van der Waals surface area contributed by atoms with E-state index < -0.39 is 10.9 Å². The van der Waals surface area contributed by atoms with Crippen LogP contribution in [0.3, 0.4) is 0 Å². The van der Waals surface area contributed by atoms with Gasteiger partial charge in [-0.05, 0) is 11.6 Å². The molecule has 0 spiro atoms. The molecule has 2 heterocycles. The molecule has 0 saturated carbocycles. The third kappa shape index (κ3) is 2.18. The predicted molar refractivity (Wildman–Crippen MR) is 72.0 cm³/mol. The highest BCUT2D eigenvalue weighted by Gasteiger charge is 2.15. The van der Waals surface area contributed by atoms with E-state index in [9.17, 15) is 20.0 Å². The highest BCUT2D eigenvalue weighted by molar-refractivity contribution is 5.95. The zero-order valence-electron chi connectivity index (χ0n) is 10.5. The van der Waals surface area contributed by atoms with E-state index in [0.717, 1.165) is 0 Å². The number of nitro benzene ring substituents is 1. The molecule has 0 amide bonds. The Kier molecular flexibility index (Phi) is 2.83. The minimum absolute atomic E-state index is 0.0171. The molecule has 1 N–H and O–H groups in total. The Balaban J connectivity index is 2.23. The smallest absolute Gasteiger partial charge is 0.339 e. The summed E-state index contributed by atoms with van der Waals surface area (Å²) < 4.78 is 1.33. The minimum atomic E-state index is -1.14. The summed E-state index contributed by atoms with van der Waals surface area (Å²) in [6.45, 7) is 0. The SMILES string of the molecule is O=C(O)c1cc(-c2cccc([N+](=O)[O-])c2)cn2ncnc12. The molecule has 21 heavy (non-hydrogen) atoms. The Bertz CT molecular complexity index is 871. The van der Waals surface area contributed by atoms with Crippen LogP contribution in [0.15, 0.2) is 42.9 Å². The lowest BCUT2D eigenvalue weighted by atomic mass is 10.1. The second kappa shape index (κ2) is 4.67. The monoisotopic (exact) mass is 284 g/mol. The number of carboxylic acids is 1. The van der Waals surface area contributed by atoms with Crippen molar-refractivity contribution in [1.29, 1.82) is 0 Å². The van der Waals surface area contributed by atoms with Crippen LogP contribution in [0.4, 0.5) is 5.69 Å². The first-order valence-electron chi connectivity index (χ1n) is 5.88. The number of non-ortho nitro benzene ring substituents is 1. The summed E-state index contributed by atoms with van der Waals surface area (Å²) in [7, 11) is 0. The van der Waals surface area contributed by atoms with Crippen molar-refractivity contribution in [2.24, 2.45) is 0 Å². The van der Waals surface area contributed by atoms with E-state index in [1.54, 1.807) is 18.3 Å². The number of carboxylic acid groups (broad SMARTS) is 1. The van der Waals surface area contributed by atoms with E-state index in [0.29, 0.717) is 11.1 Å². The number of nitro groups is 1. The molecule has 0 fully saturated rings. The van der Waals surface area contributed by atoms with Crippen molar-refractivity contribution in [1.82, 2.24) is 14.6 Å². The molecule has 104 valence electrons. The van der Waals surface area contributed by atoms with E-state index in [-0.39, 0.29) is 16.9 Å². The second-order valence-corrected chi connectivity index (χ2v) is 4.28. The molecule has 8 heteroatoms. The van der Waals surface area contributed by atoms with Crippen LogP contribution in [0.5, 0.6) is 0 Å². The summed E-state index contributed by atoms with van der Waals surface area (Å²) in [6, 6.07) is 7.38. The minimum Gasteiger partial charge on any atom is -0.478 e. The summed E-state index contributed by atoms with van der Waals surface area (Å²) in [5, 5.41) is 24.0. The van der Waals surface area contributed by atoms with Crippen LogP contribution >= 0.6 is 0 Å². The summed E-state index contributed by atoms with van der Waals surface area (Å²) in [6.07, 6.45) is 2.83. The number of carbonyl (C=O) groups is 1. The Morgan fingerprint density at radius 3 is 2.81 bits per heavy atom. The summed E-state index contributed by atoms with van der Waals surface area (Å²) in [4.78, 5) is 25.5. The zero-order chi connectivity index (χ0) is 15.0. The maximum Gasteiger partial charge on any atom is 0.339 e. The van der Waals surface area contributed by atoms with Gasteiger partial charge in [-0.3, -0.25) is 10.1 Å². The van der Waals surface area contributed by atoms with Gasteiger partial charge >= 0.3 is 5.97 Å². The lowest BCUT2D eigenvalue weighted by Gasteiger charge is -2.05. The number of aromatic carboxylic acids is 1. The molecule has 0 atom stereocenters. The number of rotatable bonds is 3. The maximum atomic E-state index is 11.3. The summed E-state index contributed by atoms with van der Waals surface area (Å²) >= 11 is 0. The molecule has 3 aromatic rings. The fraction of sp³-hybridized carbons (Fsp3) is 0. The molecule has 0 saturated heterocycles. The molecule has 0 aliphatic rings. The average molecular weight is 284 g/mol. The number of benzene rings is 1. The van der Waals surface area contributed by atoms with E-state index in [1.807, 2.05) is 0 Å². The number of aromatic nitrogens is 3. The van der Waals surface area contributed by atoms with Crippen molar-refractivity contribution in [2.75, 3.05) is 0 Å². The van der Waals surface area contributed by atoms with Crippen molar-refractivity contribution in [2.45, 2.75) is 0 Å². The van der Waals surface area contributed by atoms with Gasteiger partial charge in [0.25, 0.3) is 5.69 Å². The summed E-state index contributed by atoms with van der Waals surface area (Å²) in [5.74, 6) is -1.14. The zero-order valence-corrected chi connectivity index (χ0v) is 10.5. The molecule has 3 rings (SSSR count). The van der Waals surface area contributed by atoms with Gasteiger partial charge in [-0.1, -0.05) is 12.1 Å². The van der Waals surface area contributed by atoms with Crippen LogP contribution in [0.1, 0.15) is 10.4 Å². The lowest BCUT2D eigenvalue weighted by Crippen LogP contribution is -2.02. The summed E-state index contributed by atoms with van der Waals surface area (Å²) in [5.41, 5.74) is 1.18. The van der Waals surface area contributed by atoms with Crippen LogP contribution in [-0.2, 0) is 0 Å². The highest BCUT2D eigenvalue weighted by Crippen LogP contribution is 2.25. The molecular weight excluding hydrogens is 276 g/mol. The molecule has 8 nitrogen and oxygen atoms in total. The highest BCUT2D eigenvalue weighted by atomic mass is 16.6. The van der Waals surface area contributed by atoms with Crippen molar-refractivity contribution in [3.05, 3.63) is 58.5 Å². The number of pyridine rings is 1. The van der Waals surface area contributed by atoms with Gasteiger partial charge in [-0.15, -0.1) is 0 Å². The molecule has 0 radical (unpaired) electrons. The first-order valence-corrected chi connectivity index (χ1v) is 5.88. The topological polar surface area (TPSA) is 111 Å². The molecule has 1 aromatic carbocycles. The van der Waals surface area contributed by atoms with E-state index in [1.165, 1.54) is 29.0 Å². The van der Waals surface area contributed by atoms with Gasteiger partial charge in [-0.25, -0.2) is 14.3 Å². The maximum absolute atomic E-state index is 11.3. The first-order chi connectivity index (χ1) is 10.1. The average Bonchev–Trinajstić information content (AvgIpc) is 2.94. The predicted octanol–water partition coefficient (Wildman–Crippen LogP) is 2.00. The van der Waals surface area contributed by atoms with Crippen LogP contribution in [0.2, 0.25) is 0 Å². The quantitative estimate of drug-likeness (QED) is 0.581. The standard InChI is InChI=1S/C13H8N4O4/c18-13(19)11-5-9(6-16-12(11)14-7-15-16)8-2-1-3-10(4-8)17(20)21/h1-7H,(H,18,19). The third-order valence-corrected chi connectivity index (χ3v) is 3.00. The Morgan fingerprint density at radius 2 is 2.10 bits per heavy atom. The molecule has 0 aliphatic carbocycles. The van der Waals surface area contributed by atoms with Gasteiger partial charge in [0, 0.05) is 23.9 Å². The van der Waals surface area contributed by atoms with Crippen LogP contribution in [0, 0.1) is 10.1 Å². The largest absolute Gasteiger partial charge is 0.478 e. The van der Waals surface area contributed by atoms with Crippen LogP contribution in [-0.4, -0.2) is 30.6 Å². The number of fused-ring (bicyclic) bond motifs is 1. The third-order valence-electron chi connectivity index (χ3n) is 3.00. The second-order valence-electron chi connectivity index (χ2n) is 4.28. The Hall–Kier alpha value is -3.29. The van der Waals surface area contributed by atoms with Gasteiger partial charge in [0.15, 0.2) is 5.65 Å². The Morgan fingerprint density at radius 1 is 1.29 bits per heavy atom. The van der Waals surface area contributed by atoms with E-state index in [2.05, 4.69) is 10.1 Å². The van der Waals surface area contributed by atoms with E-state index >= 15 is 0 Å². The van der Waals surface area contributed by atoms with Crippen molar-refractivity contribution in [3.63, 3.8) is 0 Å². The number of hydrogen-bond acceptors (Lipinski definition) is 5. The normalized spacial score (nSPS) is 10.7. The molecule has 0 bridgehead atoms. The first kappa shape index (κ1) is 12.7. The van der Waals surface area contributed by atoms with Crippen LogP contribution in [0.25, 0.3) is 16.8 Å². The van der Waals surface area contributed by atoms with Gasteiger partial charge in [0.1, 0.15) is 11.9 Å². The number of hydrogen-bond donors (Lipinski definition) is 1. The lowest BCUT2D eigenvalue weighted by molar-refractivity contribution is -0.384. The molecule has 0 unspecified atom stereocenters. The van der Waals surface area contributed by atoms with Crippen molar-refractivity contribution in [3.8, 4) is 11.1 Å². The van der Waals surface area contributed by atoms with Gasteiger partial charge < -0.3 is 5.11 Å². The molecule has 0 aliphatic heterocycles. The van der Waals surface area contributed by atoms with Gasteiger partial charge in [0.2, 0.25) is 0 Å². The van der Waals surface area contributed by atoms with E-state index in [4.69, 9.17) is 0 Å². The molecular formula is C13H8N4O4. The van der Waals surface area contributed by atoms with Crippen molar-refractivity contribution >= 4 is 17.3 Å². The van der Waals surface area contributed by atoms with Gasteiger partial charge in [-0.2, -0.15) is 5.10 Å². The van der Waals surface area contributed by atoms with Crippen LogP contribution < -0.4 is 0 Å². The Labute approximate surface area is 117 Å².